The Balaban J connectivity index is 1.62. The molecule has 7 heteroatoms. The monoisotopic (exact) mass is 443 g/mol. The zero-order chi connectivity index (χ0) is 22.4. The van der Waals surface area contributed by atoms with E-state index < -0.39 is 10.0 Å². The number of hydrogen-bond acceptors (Lipinski definition) is 4. The fourth-order valence-corrected chi connectivity index (χ4v) is 4.98. The first kappa shape index (κ1) is 23.3. The van der Waals surface area contributed by atoms with Crippen molar-refractivity contribution < 1.29 is 13.2 Å². The Labute approximate surface area is 186 Å². The Hall–Kier alpha value is -2.38. The van der Waals surface area contributed by atoms with Crippen molar-refractivity contribution in [3.63, 3.8) is 0 Å². The first-order chi connectivity index (χ1) is 14.7. The third kappa shape index (κ3) is 6.80. The predicted molar refractivity (Wildman–Crippen MR) is 126 cm³/mol. The Morgan fingerprint density at radius 1 is 1.03 bits per heavy atom. The molecule has 0 bridgehead atoms. The average Bonchev–Trinajstić information content (AvgIpc) is 2.71. The van der Waals surface area contributed by atoms with Crippen LogP contribution in [0.25, 0.3) is 0 Å². The molecular formula is C24H33N3O3S. The van der Waals surface area contributed by atoms with Crippen LogP contribution < -0.4 is 9.62 Å². The number of aryl methyl sites for hydroxylation is 2. The lowest BCUT2D eigenvalue weighted by Crippen LogP contribution is -2.40. The minimum Gasteiger partial charge on any atom is -0.350 e. The van der Waals surface area contributed by atoms with Crippen LogP contribution in [0.2, 0.25) is 0 Å². The molecule has 1 fully saturated rings. The van der Waals surface area contributed by atoms with Gasteiger partial charge in [0.15, 0.2) is 0 Å². The topological polar surface area (TPSA) is 69.7 Å². The average molecular weight is 444 g/mol. The van der Waals surface area contributed by atoms with Crippen molar-refractivity contribution in [1.82, 2.24) is 10.2 Å². The van der Waals surface area contributed by atoms with Crippen LogP contribution in [0.5, 0.6) is 0 Å². The maximum atomic E-state index is 12.6. The molecule has 1 amide bonds. The van der Waals surface area contributed by atoms with Crippen LogP contribution >= 0.6 is 0 Å². The molecular weight excluding hydrogens is 410 g/mol. The number of nitrogens with one attached hydrogen (secondary N) is 1. The van der Waals surface area contributed by atoms with Crippen LogP contribution in [0, 0.1) is 13.8 Å². The SMILES string of the molecule is Cc1ccc(N(CC(=O)NCc2cccc(CN3CCCCC3)c2)S(C)(=O)=O)c(C)c1. The number of carbonyl (C=O) groups is 1. The molecule has 2 aromatic carbocycles. The zero-order valence-electron chi connectivity index (χ0n) is 18.7. The maximum Gasteiger partial charge on any atom is 0.241 e. The number of carbonyl (C=O) groups excluding carboxylic acids is 1. The lowest BCUT2D eigenvalue weighted by molar-refractivity contribution is -0.119. The van der Waals surface area contributed by atoms with Crippen LogP contribution in [0.15, 0.2) is 42.5 Å². The lowest BCUT2D eigenvalue weighted by Gasteiger charge is -2.26. The molecule has 1 N–H and O–H groups in total. The molecule has 1 aliphatic rings. The molecule has 0 atom stereocenters. The van der Waals surface area contributed by atoms with E-state index in [0.29, 0.717) is 12.2 Å². The lowest BCUT2D eigenvalue weighted by atomic mass is 10.1. The van der Waals surface area contributed by atoms with Crippen molar-refractivity contribution in [2.45, 2.75) is 46.2 Å². The number of hydrogen-bond donors (Lipinski definition) is 1. The normalized spacial score (nSPS) is 14.9. The van der Waals surface area contributed by atoms with Crippen molar-refractivity contribution in [2.24, 2.45) is 0 Å². The van der Waals surface area contributed by atoms with E-state index in [1.807, 2.05) is 38.1 Å². The van der Waals surface area contributed by atoms with E-state index in [1.54, 1.807) is 6.07 Å². The third-order valence-electron chi connectivity index (χ3n) is 5.64. The Morgan fingerprint density at radius 3 is 2.42 bits per heavy atom. The van der Waals surface area contributed by atoms with Crippen molar-refractivity contribution in [3.8, 4) is 0 Å². The van der Waals surface area contributed by atoms with Gasteiger partial charge in [0.05, 0.1) is 11.9 Å². The molecule has 0 saturated carbocycles. The van der Waals surface area contributed by atoms with Crippen LogP contribution in [0.4, 0.5) is 5.69 Å². The van der Waals surface area contributed by atoms with Gasteiger partial charge in [-0.1, -0.05) is 48.4 Å². The van der Waals surface area contributed by atoms with Gasteiger partial charge in [-0.3, -0.25) is 14.0 Å². The van der Waals surface area contributed by atoms with Gasteiger partial charge in [-0.05, 0) is 62.5 Å². The number of amides is 1. The number of anilines is 1. The number of likely N-dealkylation sites (tertiary alicyclic amines) is 1. The van der Waals surface area contributed by atoms with E-state index in [2.05, 4.69) is 22.3 Å². The van der Waals surface area contributed by atoms with Crippen molar-refractivity contribution in [3.05, 3.63) is 64.7 Å². The van der Waals surface area contributed by atoms with Crippen molar-refractivity contribution in [1.29, 1.82) is 0 Å². The minimum atomic E-state index is -3.59. The molecule has 1 saturated heterocycles. The molecule has 1 aliphatic heterocycles. The largest absolute Gasteiger partial charge is 0.350 e. The first-order valence-electron chi connectivity index (χ1n) is 10.8. The second kappa shape index (κ2) is 10.3. The van der Waals surface area contributed by atoms with Gasteiger partial charge in [-0.2, -0.15) is 0 Å². The zero-order valence-corrected chi connectivity index (χ0v) is 19.5. The molecule has 6 nitrogen and oxygen atoms in total. The fourth-order valence-electron chi connectivity index (χ4n) is 4.07. The van der Waals surface area contributed by atoms with Crippen molar-refractivity contribution >= 4 is 21.6 Å². The van der Waals surface area contributed by atoms with Crippen molar-refractivity contribution in [2.75, 3.05) is 30.2 Å². The molecule has 31 heavy (non-hydrogen) atoms. The summed E-state index contributed by atoms with van der Waals surface area (Å²) in [6, 6.07) is 13.8. The molecule has 0 radical (unpaired) electrons. The Kier molecular flexibility index (Phi) is 7.73. The highest BCUT2D eigenvalue weighted by Gasteiger charge is 2.22. The Bertz CT molecular complexity index is 1010. The molecule has 168 valence electrons. The van der Waals surface area contributed by atoms with Gasteiger partial charge in [-0.15, -0.1) is 0 Å². The molecule has 1 heterocycles. The minimum absolute atomic E-state index is 0.240. The van der Waals surface area contributed by atoms with Crippen LogP contribution in [0.1, 0.15) is 41.5 Å². The molecule has 0 aromatic heterocycles. The van der Waals surface area contributed by atoms with Crippen LogP contribution in [0.3, 0.4) is 0 Å². The van der Waals surface area contributed by atoms with E-state index >= 15 is 0 Å². The fraction of sp³-hybridized carbons (Fsp3) is 0.458. The quantitative estimate of drug-likeness (QED) is 0.679. The summed E-state index contributed by atoms with van der Waals surface area (Å²) in [6.07, 6.45) is 4.96. The molecule has 0 aliphatic carbocycles. The second-order valence-corrected chi connectivity index (χ2v) is 10.4. The van der Waals surface area contributed by atoms with Gasteiger partial charge < -0.3 is 5.32 Å². The standard InChI is InChI=1S/C24H33N3O3S/c1-19-10-11-23(20(2)14-19)27(31(3,29)30)18-24(28)25-16-21-8-7-9-22(15-21)17-26-12-5-4-6-13-26/h7-11,14-15H,4-6,12-13,16-18H2,1-3H3,(H,25,28). The van der Waals surface area contributed by atoms with Gasteiger partial charge in [0, 0.05) is 13.1 Å². The summed E-state index contributed by atoms with van der Waals surface area (Å²) < 4.78 is 25.9. The molecule has 2 aromatic rings. The van der Waals surface area contributed by atoms with Gasteiger partial charge in [0.25, 0.3) is 0 Å². The van der Waals surface area contributed by atoms with E-state index in [0.717, 1.165) is 42.6 Å². The van der Waals surface area contributed by atoms with E-state index in [4.69, 9.17) is 0 Å². The molecule has 0 spiro atoms. The summed E-state index contributed by atoms with van der Waals surface area (Å²) in [4.78, 5) is 15.1. The summed E-state index contributed by atoms with van der Waals surface area (Å²) in [7, 11) is -3.59. The summed E-state index contributed by atoms with van der Waals surface area (Å²) >= 11 is 0. The number of nitrogens with zero attached hydrogens (tertiary/aromatic N) is 2. The highest BCUT2D eigenvalue weighted by atomic mass is 32.2. The number of rotatable bonds is 8. The summed E-state index contributed by atoms with van der Waals surface area (Å²) in [5.74, 6) is -0.327. The highest BCUT2D eigenvalue weighted by molar-refractivity contribution is 7.92. The molecule has 3 rings (SSSR count). The maximum absolute atomic E-state index is 12.6. The van der Waals surface area contributed by atoms with Gasteiger partial charge in [0.2, 0.25) is 15.9 Å². The predicted octanol–water partition coefficient (Wildman–Crippen LogP) is 3.37. The summed E-state index contributed by atoms with van der Waals surface area (Å²) in [6.45, 7) is 7.14. The number of piperidine rings is 1. The first-order valence-corrected chi connectivity index (χ1v) is 12.7. The van der Waals surface area contributed by atoms with E-state index in [-0.39, 0.29) is 12.5 Å². The number of benzene rings is 2. The second-order valence-electron chi connectivity index (χ2n) is 8.49. The molecule has 0 unspecified atom stereocenters. The third-order valence-corrected chi connectivity index (χ3v) is 6.77. The van der Waals surface area contributed by atoms with E-state index in [9.17, 15) is 13.2 Å². The summed E-state index contributed by atoms with van der Waals surface area (Å²) in [5, 5.41) is 2.87. The van der Waals surface area contributed by atoms with E-state index in [1.165, 1.54) is 29.1 Å². The Morgan fingerprint density at radius 2 is 1.74 bits per heavy atom. The summed E-state index contributed by atoms with van der Waals surface area (Å²) in [5.41, 5.74) is 4.65. The highest BCUT2D eigenvalue weighted by Crippen LogP contribution is 2.23. The number of sulfonamides is 1. The van der Waals surface area contributed by atoms with Gasteiger partial charge >= 0.3 is 0 Å². The van der Waals surface area contributed by atoms with Crippen LogP contribution in [-0.2, 0) is 27.9 Å². The van der Waals surface area contributed by atoms with Gasteiger partial charge in [0.1, 0.15) is 6.54 Å². The smallest absolute Gasteiger partial charge is 0.241 e. The van der Waals surface area contributed by atoms with Crippen LogP contribution in [-0.4, -0.2) is 45.1 Å². The van der Waals surface area contributed by atoms with Gasteiger partial charge in [-0.25, -0.2) is 8.42 Å².